The van der Waals surface area contributed by atoms with Crippen LogP contribution in [0.2, 0.25) is 10.0 Å². The molecule has 2 atom stereocenters. The Morgan fingerprint density at radius 1 is 1.33 bits per heavy atom. The molecular formula is C14H16Cl2N2O2S. The van der Waals surface area contributed by atoms with Crippen molar-refractivity contribution in [3.63, 3.8) is 0 Å². The van der Waals surface area contributed by atoms with E-state index in [9.17, 15) is 4.79 Å². The largest absolute Gasteiger partial charge is 0.372 e. The highest BCUT2D eigenvalue weighted by molar-refractivity contribution is 7.80. The summed E-state index contributed by atoms with van der Waals surface area (Å²) in [6.45, 7) is 5.25. The van der Waals surface area contributed by atoms with Gasteiger partial charge in [-0.1, -0.05) is 23.2 Å². The molecule has 1 heterocycles. The molecule has 1 N–H and O–H groups in total. The van der Waals surface area contributed by atoms with E-state index in [0.29, 0.717) is 33.8 Å². The van der Waals surface area contributed by atoms with Crippen LogP contribution in [0, 0.1) is 0 Å². The first-order valence-electron chi connectivity index (χ1n) is 6.57. The number of carbonyl (C=O) groups excluding carboxylic acids is 1. The number of rotatable bonds is 1. The Morgan fingerprint density at radius 3 is 2.52 bits per heavy atom. The van der Waals surface area contributed by atoms with Gasteiger partial charge >= 0.3 is 0 Å². The fourth-order valence-electron chi connectivity index (χ4n) is 2.26. The Bertz CT molecular complexity index is 558. The van der Waals surface area contributed by atoms with Crippen LogP contribution in [-0.4, -0.2) is 41.2 Å². The van der Waals surface area contributed by atoms with E-state index in [1.54, 1.807) is 12.1 Å². The molecule has 0 bridgehead atoms. The molecule has 0 aliphatic carbocycles. The Morgan fingerprint density at radius 2 is 1.95 bits per heavy atom. The highest BCUT2D eigenvalue weighted by Crippen LogP contribution is 2.21. The van der Waals surface area contributed by atoms with Crippen molar-refractivity contribution in [2.75, 3.05) is 13.1 Å². The zero-order chi connectivity index (χ0) is 15.6. The number of ether oxygens (including phenoxy) is 1. The van der Waals surface area contributed by atoms with Gasteiger partial charge in [0, 0.05) is 18.1 Å². The van der Waals surface area contributed by atoms with E-state index in [1.807, 2.05) is 18.7 Å². The average Bonchev–Trinajstić information content (AvgIpc) is 2.37. The summed E-state index contributed by atoms with van der Waals surface area (Å²) in [5.74, 6) is -0.339. The van der Waals surface area contributed by atoms with E-state index in [4.69, 9.17) is 40.2 Å². The number of hydrogen-bond acceptors (Lipinski definition) is 3. The zero-order valence-electron chi connectivity index (χ0n) is 11.7. The van der Waals surface area contributed by atoms with E-state index in [2.05, 4.69) is 5.32 Å². The third-order valence-corrected chi connectivity index (χ3v) is 4.01. The van der Waals surface area contributed by atoms with Gasteiger partial charge in [0.05, 0.1) is 22.8 Å². The summed E-state index contributed by atoms with van der Waals surface area (Å²) in [5, 5.41) is 3.86. The Kier molecular flexibility index (Phi) is 5.43. The Labute approximate surface area is 139 Å². The second kappa shape index (κ2) is 6.92. The van der Waals surface area contributed by atoms with E-state index in [0.717, 1.165) is 0 Å². The number of hydrogen-bond donors (Lipinski definition) is 1. The standard InChI is InChI=1S/C14H16Cl2N2O2S/c1-8-6-18(7-9(2)20-8)14(21)17-13(19)11-4-3-10(15)5-12(11)16/h3-5,8-9H,6-7H2,1-2H3,(H,17,19,21)/t8-,9+. The number of thiocarbonyl (C=S) groups is 1. The summed E-state index contributed by atoms with van der Waals surface area (Å²) in [6.07, 6.45) is 0.144. The lowest BCUT2D eigenvalue weighted by Gasteiger charge is -2.36. The molecule has 0 unspecified atom stereocenters. The first-order chi connectivity index (χ1) is 9.86. The number of carbonyl (C=O) groups is 1. The van der Waals surface area contributed by atoms with Gasteiger partial charge in [-0.3, -0.25) is 10.1 Å². The van der Waals surface area contributed by atoms with E-state index >= 15 is 0 Å². The van der Waals surface area contributed by atoms with Gasteiger partial charge in [-0.25, -0.2) is 0 Å². The van der Waals surface area contributed by atoms with Crippen LogP contribution in [0.25, 0.3) is 0 Å². The molecule has 21 heavy (non-hydrogen) atoms. The SMILES string of the molecule is C[C@@H]1CN(C(=S)NC(=O)c2ccc(Cl)cc2Cl)C[C@H](C)O1. The van der Waals surface area contributed by atoms with Crippen LogP contribution in [-0.2, 0) is 4.74 Å². The first kappa shape index (κ1) is 16.5. The molecule has 0 radical (unpaired) electrons. The maximum absolute atomic E-state index is 12.2. The lowest BCUT2D eigenvalue weighted by atomic mass is 10.2. The van der Waals surface area contributed by atoms with Gasteiger partial charge < -0.3 is 9.64 Å². The minimum Gasteiger partial charge on any atom is -0.372 e. The molecule has 1 fully saturated rings. The first-order valence-corrected chi connectivity index (χ1v) is 7.74. The van der Waals surface area contributed by atoms with Crippen LogP contribution in [0.1, 0.15) is 24.2 Å². The third kappa shape index (κ3) is 4.30. The topological polar surface area (TPSA) is 41.6 Å². The molecule has 1 aliphatic rings. The van der Waals surface area contributed by atoms with Gasteiger partial charge in [0.2, 0.25) is 0 Å². The van der Waals surface area contributed by atoms with Crippen LogP contribution in [0.15, 0.2) is 18.2 Å². The molecule has 4 nitrogen and oxygen atoms in total. The van der Waals surface area contributed by atoms with Crippen molar-refractivity contribution in [3.05, 3.63) is 33.8 Å². The van der Waals surface area contributed by atoms with Gasteiger partial charge in [0.1, 0.15) is 0 Å². The van der Waals surface area contributed by atoms with Crippen LogP contribution >= 0.6 is 35.4 Å². The highest BCUT2D eigenvalue weighted by Gasteiger charge is 2.25. The van der Waals surface area contributed by atoms with Crippen LogP contribution in [0.5, 0.6) is 0 Å². The smallest absolute Gasteiger partial charge is 0.258 e. The minimum absolute atomic E-state index is 0.0720. The molecule has 114 valence electrons. The summed E-state index contributed by atoms with van der Waals surface area (Å²) in [4.78, 5) is 14.1. The zero-order valence-corrected chi connectivity index (χ0v) is 14.1. The normalized spacial score (nSPS) is 22.0. The summed E-state index contributed by atoms with van der Waals surface area (Å²) >= 11 is 17.1. The molecule has 0 saturated carbocycles. The quantitative estimate of drug-likeness (QED) is 0.793. The summed E-state index contributed by atoms with van der Waals surface area (Å²) in [5.41, 5.74) is 0.345. The molecule has 1 saturated heterocycles. The lowest BCUT2D eigenvalue weighted by Crippen LogP contribution is -2.52. The van der Waals surface area contributed by atoms with E-state index in [-0.39, 0.29) is 18.1 Å². The maximum Gasteiger partial charge on any atom is 0.258 e. The number of amides is 1. The predicted molar refractivity (Wildman–Crippen MR) is 88.1 cm³/mol. The van der Waals surface area contributed by atoms with Crippen LogP contribution < -0.4 is 5.32 Å². The highest BCUT2D eigenvalue weighted by atomic mass is 35.5. The third-order valence-electron chi connectivity index (χ3n) is 3.10. The van der Waals surface area contributed by atoms with Gasteiger partial charge in [0.15, 0.2) is 5.11 Å². The second-order valence-corrected chi connectivity index (χ2v) is 6.28. The molecule has 1 aromatic rings. The number of nitrogens with zero attached hydrogens (tertiary/aromatic N) is 1. The maximum atomic E-state index is 12.2. The van der Waals surface area contributed by atoms with Crippen molar-refractivity contribution >= 4 is 46.4 Å². The van der Waals surface area contributed by atoms with Crippen molar-refractivity contribution < 1.29 is 9.53 Å². The number of nitrogens with one attached hydrogen (secondary N) is 1. The van der Waals surface area contributed by atoms with Crippen LogP contribution in [0.4, 0.5) is 0 Å². The van der Waals surface area contributed by atoms with Crippen molar-refractivity contribution in [1.29, 1.82) is 0 Å². The molecule has 0 aromatic heterocycles. The fourth-order valence-corrected chi connectivity index (χ4v) is 3.00. The molecular weight excluding hydrogens is 331 g/mol. The fraction of sp³-hybridized carbons (Fsp3) is 0.429. The van der Waals surface area contributed by atoms with Crippen molar-refractivity contribution in [3.8, 4) is 0 Å². The summed E-state index contributed by atoms with van der Waals surface area (Å²) < 4.78 is 5.64. The molecule has 7 heteroatoms. The minimum atomic E-state index is -0.339. The average molecular weight is 347 g/mol. The Balaban J connectivity index is 2.03. The molecule has 1 aromatic carbocycles. The number of halogens is 2. The van der Waals surface area contributed by atoms with Gasteiger partial charge in [-0.05, 0) is 44.3 Å². The van der Waals surface area contributed by atoms with E-state index in [1.165, 1.54) is 6.07 Å². The summed E-state index contributed by atoms with van der Waals surface area (Å²) in [6, 6.07) is 4.72. The Hall–Kier alpha value is -0.880. The monoisotopic (exact) mass is 346 g/mol. The van der Waals surface area contributed by atoms with Crippen molar-refractivity contribution in [2.45, 2.75) is 26.1 Å². The van der Waals surface area contributed by atoms with Crippen molar-refractivity contribution in [2.24, 2.45) is 0 Å². The summed E-state index contributed by atoms with van der Waals surface area (Å²) in [7, 11) is 0. The van der Waals surface area contributed by atoms with Gasteiger partial charge in [0.25, 0.3) is 5.91 Å². The molecule has 0 spiro atoms. The second-order valence-electron chi connectivity index (χ2n) is 5.05. The van der Waals surface area contributed by atoms with Crippen LogP contribution in [0.3, 0.4) is 0 Å². The molecule has 1 amide bonds. The number of benzene rings is 1. The number of morpholine rings is 1. The van der Waals surface area contributed by atoms with Crippen molar-refractivity contribution in [1.82, 2.24) is 10.2 Å². The molecule has 1 aliphatic heterocycles. The van der Waals surface area contributed by atoms with E-state index < -0.39 is 0 Å². The molecule has 2 rings (SSSR count). The lowest BCUT2D eigenvalue weighted by molar-refractivity contribution is -0.0481. The van der Waals surface area contributed by atoms with Gasteiger partial charge in [-0.2, -0.15) is 0 Å². The van der Waals surface area contributed by atoms with Gasteiger partial charge in [-0.15, -0.1) is 0 Å². The predicted octanol–water partition coefficient (Wildman–Crippen LogP) is 3.12.